The SMILES string of the molecule is CCSC1[C@@H](Cl)[C@@H](CO)O[C@H]1n1cnc2c(N)ncnc21.CCSC1[C@H](C)O[C@H](CO)[C@@H]1N=[N+]=[N-].CCS[C@@H]1C(N=[N+]=[N-])[C@H](C)O[C@@H]1CO.C[C@@H]1O[C@H](CO)CC1N.C[C@H]1C[C@@H](N)[C@@H](CO)O1.Nc1ncnc2c1ncn2[C@@H]1O[C@H](CO)[C@H]2OC12. The van der Waals surface area contributed by atoms with Gasteiger partial charge in [-0.2, -0.15) is 35.3 Å². The Balaban J connectivity index is 0.000000168. The molecule has 7 aliphatic rings. The quantitative estimate of drug-likeness (QED) is 0.0253. The summed E-state index contributed by atoms with van der Waals surface area (Å²) in [6.45, 7) is 13.7. The molecule has 0 saturated carbocycles. The molecule has 85 heavy (non-hydrogen) atoms. The normalized spacial score (nSPS) is 35.8. The van der Waals surface area contributed by atoms with Crippen LogP contribution in [0.25, 0.3) is 43.2 Å². The van der Waals surface area contributed by atoms with E-state index in [1.54, 1.807) is 52.5 Å². The number of fused-ring (bicyclic) bond motifs is 3. The maximum absolute atomic E-state index is 9.41. The van der Waals surface area contributed by atoms with Crippen molar-refractivity contribution in [2.24, 2.45) is 21.7 Å². The lowest BCUT2D eigenvalue weighted by Gasteiger charge is -2.20. The standard InChI is InChI=1S/C12H16ClN5O2S.C10H11N5O3.2C8H15N3O2S.2C6H13NO2/c1-2-21-9-7(13)6(3-19)20-12(9)18-5-17-8-10(14)15-4-16-11(8)18;11-8-5-9(13-2-12-8)15(3-14-5)10-7-6(18-7)4(1-16)17-10;1-3-14-8-5(2)13-6(4-12)7(8)10-11-9;1-3-14-8-6(4-12)13-5(2)7(8)10-11-9;1-4-6(7)2-5(3-8)9-4;1-4-2-5(7)6(3-8)9-4/h4-7,9,12,19H,2-3H2,1H3,(H2,14,15,16);2-4,6-7,10,16H,1H2,(H2,11,12,13);2*5-8,12H,3-4H2,1-2H3;2*4-6,8H,2-3,7H2,1H3/t6-,7+,9?,12-;4-,6-,7?,10-;5-,6+,7-,8?;5-,6+,7?,8-;4-,5-,6?;4-,5+,6+/m110000/s1. The van der Waals surface area contributed by atoms with Gasteiger partial charge in [0.15, 0.2) is 35.4 Å². The number of anilines is 2. The highest BCUT2D eigenvalue weighted by Gasteiger charge is 2.59. The molecule has 11 rings (SSSR count). The number of hydrogen-bond acceptors (Lipinski definition) is 28. The van der Waals surface area contributed by atoms with E-state index in [0.29, 0.717) is 34.0 Å². The average Bonchev–Trinajstić information content (AvgIpc) is 1.70. The van der Waals surface area contributed by atoms with E-state index in [-0.39, 0.29) is 165 Å². The number of azide groups is 2. The van der Waals surface area contributed by atoms with Gasteiger partial charge in [-0.3, -0.25) is 9.13 Å². The van der Waals surface area contributed by atoms with Gasteiger partial charge in [-0.05, 0) is 68.9 Å². The molecule has 476 valence electrons. The zero-order valence-corrected chi connectivity index (χ0v) is 51.7. The molecule has 0 amide bonds. The summed E-state index contributed by atoms with van der Waals surface area (Å²) in [7, 11) is 0. The molecule has 31 nitrogen and oxygen atoms in total. The first-order valence-electron chi connectivity index (χ1n) is 28.1. The molecule has 7 saturated heterocycles. The molecule has 0 aromatic carbocycles. The van der Waals surface area contributed by atoms with Crippen LogP contribution in [0.2, 0.25) is 0 Å². The molecular formula is C50H83ClN18O13S3. The van der Waals surface area contributed by atoms with Crippen molar-refractivity contribution in [2.45, 2.75) is 192 Å². The number of imidazole rings is 2. The number of aromatic nitrogens is 8. The van der Waals surface area contributed by atoms with E-state index < -0.39 is 6.10 Å². The summed E-state index contributed by atoms with van der Waals surface area (Å²) in [5, 5.41) is 61.4. The number of hydrogen-bond donors (Lipinski definition) is 10. The van der Waals surface area contributed by atoms with Gasteiger partial charge < -0.3 is 86.7 Å². The van der Waals surface area contributed by atoms with Gasteiger partial charge in [0.1, 0.15) is 48.1 Å². The summed E-state index contributed by atoms with van der Waals surface area (Å²) in [4.78, 5) is 30.3. The molecule has 11 heterocycles. The highest BCUT2D eigenvalue weighted by Crippen LogP contribution is 2.46. The van der Waals surface area contributed by atoms with Crippen molar-refractivity contribution in [3.8, 4) is 0 Å². The Hall–Kier alpha value is -3.94. The third kappa shape index (κ3) is 17.5. The monoisotopic (exact) mass is 1270 g/mol. The Morgan fingerprint density at radius 2 is 1.07 bits per heavy atom. The maximum atomic E-state index is 9.41. The van der Waals surface area contributed by atoms with Gasteiger partial charge in [0.2, 0.25) is 0 Å². The second-order valence-electron chi connectivity index (χ2n) is 20.6. The summed E-state index contributed by atoms with van der Waals surface area (Å²) in [6, 6.07) is -0.265. The number of alkyl halides is 1. The summed E-state index contributed by atoms with van der Waals surface area (Å²) >= 11 is 11.5. The van der Waals surface area contributed by atoms with Gasteiger partial charge in [0.05, 0.1) is 124 Å². The van der Waals surface area contributed by atoms with E-state index in [9.17, 15) is 5.11 Å². The zero-order chi connectivity index (χ0) is 62.1. The zero-order valence-electron chi connectivity index (χ0n) is 48.5. The third-order valence-corrected chi connectivity index (χ3v) is 19.5. The first-order valence-corrected chi connectivity index (χ1v) is 31.7. The molecular weight excluding hydrogens is 1190 g/mol. The predicted molar refractivity (Wildman–Crippen MR) is 322 cm³/mol. The number of rotatable bonds is 16. The van der Waals surface area contributed by atoms with E-state index >= 15 is 0 Å². The molecule has 14 N–H and O–H groups in total. The molecule has 5 unspecified atom stereocenters. The van der Waals surface area contributed by atoms with E-state index in [0.717, 1.165) is 30.1 Å². The van der Waals surface area contributed by atoms with Crippen LogP contribution in [0.15, 0.2) is 35.5 Å². The predicted octanol–water partition coefficient (Wildman–Crippen LogP) is 2.19. The van der Waals surface area contributed by atoms with Crippen molar-refractivity contribution in [2.75, 3.05) is 68.4 Å². The van der Waals surface area contributed by atoms with Gasteiger partial charge in [0.25, 0.3) is 0 Å². The van der Waals surface area contributed by atoms with Gasteiger partial charge in [0, 0.05) is 32.4 Å². The largest absolute Gasteiger partial charge is 0.394 e. The van der Waals surface area contributed by atoms with Crippen molar-refractivity contribution in [3.05, 3.63) is 46.2 Å². The maximum Gasteiger partial charge on any atom is 0.167 e. The molecule has 7 aliphatic heterocycles. The summed E-state index contributed by atoms with van der Waals surface area (Å²) in [5.41, 5.74) is 41.9. The molecule has 0 spiro atoms. The number of halogens is 1. The molecule has 22 atom stereocenters. The fourth-order valence-electron chi connectivity index (χ4n) is 10.5. The van der Waals surface area contributed by atoms with Crippen LogP contribution in [-0.2, 0) is 33.2 Å². The van der Waals surface area contributed by atoms with E-state index in [1.807, 2.05) is 39.2 Å². The van der Waals surface area contributed by atoms with Gasteiger partial charge in [-0.25, -0.2) is 29.9 Å². The topological polar surface area (TPSA) is 478 Å². The minimum absolute atomic E-state index is 0.00223. The number of thioether (sulfide) groups is 3. The molecule has 0 aliphatic carbocycles. The van der Waals surface area contributed by atoms with Crippen LogP contribution < -0.4 is 22.9 Å². The Kier molecular flexibility index (Phi) is 28.2. The first kappa shape index (κ1) is 70.2. The van der Waals surface area contributed by atoms with Crippen LogP contribution in [-0.4, -0.2) is 245 Å². The van der Waals surface area contributed by atoms with Crippen molar-refractivity contribution in [1.29, 1.82) is 0 Å². The molecule has 35 heteroatoms. The van der Waals surface area contributed by atoms with E-state index in [4.69, 9.17) is 104 Å². The van der Waals surface area contributed by atoms with Gasteiger partial charge in [-0.1, -0.05) is 31.0 Å². The Morgan fingerprint density at radius 1 is 0.553 bits per heavy atom. The fraction of sp³-hybridized carbons (Fsp3) is 0.800. The Morgan fingerprint density at radius 3 is 1.53 bits per heavy atom. The molecule has 0 bridgehead atoms. The number of aliphatic hydroxyl groups excluding tert-OH is 6. The van der Waals surface area contributed by atoms with E-state index in [2.05, 4.69) is 63.8 Å². The number of aliphatic hydroxyl groups is 6. The van der Waals surface area contributed by atoms with Crippen LogP contribution in [0.5, 0.6) is 0 Å². The summed E-state index contributed by atoms with van der Waals surface area (Å²) < 4.78 is 42.2. The van der Waals surface area contributed by atoms with Crippen LogP contribution in [0.3, 0.4) is 0 Å². The number of nitrogens with two attached hydrogens (primary N) is 4. The number of ether oxygens (including phenoxy) is 7. The van der Waals surface area contributed by atoms with Crippen LogP contribution in [0, 0.1) is 0 Å². The number of nitrogen functional groups attached to an aromatic ring is 2. The van der Waals surface area contributed by atoms with Crippen molar-refractivity contribution >= 4 is 80.9 Å². The lowest BCUT2D eigenvalue weighted by atomic mass is 10.1. The summed E-state index contributed by atoms with van der Waals surface area (Å²) in [5.74, 6) is 3.44. The molecule has 7 fully saturated rings. The smallest absolute Gasteiger partial charge is 0.167 e. The van der Waals surface area contributed by atoms with E-state index in [1.165, 1.54) is 12.7 Å². The van der Waals surface area contributed by atoms with Gasteiger partial charge >= 0.3 is 0 Å². The van der Waals surface area contributed by atoms with Crippen molar-refractivity contribution < 1.29 is 63.8 Å². The molecule has 4 aromatic rings. The highest BCUT2D eigenvalue weighted by molar-refractivity contribution is 8.00. The Bertz CT molecular complexity index is 2750. The summed E-state index contributed by atoms with van der Waals surface area (Å²) in [6.07, 6.45) is 5.84. The molecule has 4 aromatic heterocycles. The first-order chi connectivity index (χ1) is 40.9. The van der Waals surface area contributed by atoms with Crippen LogP contribution in [0.4, 0.5) is 11.6 Å². The average molecular weight is 1280 g/mol. The van der Waals surface area contributed by atoms with Crippen molar-refractivity contribution in [3.63, 3.8) is 0 Å². The number of epoxide rings is 1. The second-order valence-corrected chi connectivity index (χ2v) is 25.4. The molecule has 0 radical (unpaired) electrons. The highest BCUT2D eigenvalue weighted by atomic mass is 35.5. The van der Waals surface area contributed by atoms with Gasteiger partial charge in [-0.15, -0.1) is 11.6 Å². The minimum atomic E-state index is -0.405. The number of nitrogens with zero attached hydrogens (tertiary/aromatic N) is 14. The second kappa shape index (κ2) is 34.1. The van der Waals surface area contributed by atoms with Crippen LogP contribution in [0.1, 0.15) is 73.8 Å². The Labute approximate surface area is 509 Å². The minimum Gasteiger partial charge on any atom is -0.394 e. The lowest BCUT2D eigenvalue weighted by Crippen LogP contribution is -2.32. The van der Waals surface area contributed by atoms with Crippen LogP contribution >= 0.6 is 46.9 Å². The third-order valence-electron chi connectivity index (χ3n) is 14.8. The van der Waals surface area contributed by atoms with Crippen molar-refractivity contribution in [1.82, 2.24) is 39.0 Å². The fourth-order valence-corrected chi connectivity index (χ4v) is 14.5. The lowest BCUT2D eigenvalue weighted by molar-refractivity contribution is -0.0823.